The van der Waals surface area contributed by atoms with E-state index in [1.807, 2.05) is 0 Å². The van der Waals surface area contributed by atoms with Crippen LogP contribution in [0.2, 0.25) is 0 Å². The van der Waals surface area contributed by atoms with E-state index in [1.165, 1.54) is 6.92 Å². The third kappa shape index (κ3) is 3.74. The molecule has 0 aromatic heterocycles. The lowest BCUT2D eigenvalue weighted by Crippen LogP contribution is -2.35. The van der Waals surface area contributed by atoms with Crippen molar-refractivity contribution in [1.29, 1.82) is 5.41 Å². The molecule has 100 valence electrons. The maximum atomic E-state index is 12.9. The maximum Gasteiger partial charge on any atom is 0.240 e. The van der Waals surface area contributed by atoms with Crippen LogP contribution in [0.15, 0.2) is 23.1 Å². The largest absolute Gasteiger partial charge is 0.388 e. The van der Waals surface area contributed by atoms with Crippen molar-refractivity contribution in [3.8, 4) is 0 Å². The van der Waals surface area contributed by atoms with Gasteiger partial charge in [0.15, 0.2) is 11.6 Å². The molecular formula is C10H13F2N3O2S. The van der Waals surface area contributed by atoms with Crippen LogP contribution in [0, 0.1) is 17.0 Å². The van der Waals surface area contributed by atoms with Crippen molar-refractivity contribution in [1.82, 2.24) is 4.72 Å². The van der Waals surface area contributed by atoms with E-state index in [0.717, 1.165) is 12.1 Å². The molecule has 1 unspecified atom stereocenters. The second kappa shape index (κ2) is 5.40. The normalized spacial score (nSPS) is 13.3. The number of rotatable bonds is 5. The van der Waals surface area contributed by atoms with Crippen molar-refractivity contribution >= 4 is 15.9 Å². The predicted octanol–water partition coefficient (Wildman–Crippen LogP) is 0.958. The lowest BCUT2D eigenvalue weighted by Gasteiger charge is -2.13. The topological polar surface area (TPSA) is 96.0 Å². The predicted molar refractivity (Wildman–Crippen MR) is 62.7 cm³/mol. The van der Waals surface area contributed by atoms with Crippen LogP contribution in [-0.4, -0.2) is 20.3 Å². The molecule has 8 heteroatoms. The fourth-order valence-electron chi connectivity index (χ4n) is 1.35. The van der Waals surface area contributed by atoms with Crippen LogP contribution >= 0.6 is 0 Å². The maximum absolute atomic E-state index is 12.9. The molecule has 5 nitrogen and oxygen atoms in total. The highest BCUT2D eigenvalue weighted by Crippen LogP contribution is 2.14. The van der Waals surface area contributed by atoms with Gasteiger partial charge in [0.05, 0.1) is 10.7 Å². The van der Waals surface area contributed by atoms with Gasteiger partial charge in [-0.2, -0.15) is 0 Å². The number of sulfonamides is 1. The third-order valence-corrected chi connectivity index (χ3v) is 3.67. The number of halogens is 2. The van der Waals surface area contributed by atoms with Crippen LogP contribution in [0.5, 0.6) is 0 Å². The van der Waals surface area contributed by atoms with E-state index in [2.05, 4.69) is 4.72 Å². The van der Waals surface area contributed by atoms with Crippen molar-refractivity contribution in [3.05, 3.63) is 29.8 Å². The molecule has 0 bridgehead atoms. The molecule has 0 heterocycles. The standard InChI is InChI=1S/C10H13F2N3O2S/c1-6(4-10(13)14)15-18(16,17)7-2-3-8(11)9(12)5-7/h2-3,5-6,15H,4H2,1H3,(H3,13,14). The molecule has 1 atom stereocenters. The van der Waals surface area contributed by atoms with E-state index in [1.54, 1.807) is 0 Å². The van der Waals surface area contributed by atoms with E-state index in [-0.39, 0.29) is 17.2 Å². The number of hydrogen-bond acceptors (Lipinski definition) is 3. The summed E-state index contributed by atoms with van der Waals surface area (Å²) in [4.78, 5) is -0.378. The monoisotopic (exact) mass is 277 g/mol. The first-order chi connectivity index (χ1) is 8.22. The first kappa shape index (κ1) is 14.5. The van der Waals surface area contributed by atoms with Crippen LogP contribution in [-0.2, 0) is 10.0 Å². The SMILES string of the molecule is CC(CC(=N)N)NS(=O)(=O)c1ccc(F)c(F)c1. The zero-order chi connectivity index (χ0) is 13.9. The lowest BCUT2D eigenvalue weighted by molar-refractivity contribution is 0.503. The molecule has 0 saturated heterocycles. The van der Waals surface area contributed by atoms with Gasteiger partial charge in [0, 0.05) is 12.5 Å². The van der Waals surface area contributed by atoms with Gasteiger partial charge < -0.3 is 5.73 Å². The van der Waals surface area contributed by atoms with Gasteiger partial charge in [-0.05, 0) is 25.1 Å². The van der Waals surface area contributed by atoms with E-state index in [0.29, 0.717) is 6.07 Å². The van der Waals surface area contributed by atoms with Gasteiger partial charge in [0.2, 0.25) is 10.0 Å². The molecule has 1 aromatic carbocycles. The van der Waals surface area contributed by atoms with Crippen molar-refractivity contribution in [3.63, 3.8) is 0 Å². The average molecular weight is 277 g/mol. The summed E-state index contributed by atoms with van der Waals surface area (Å²) in [5, 5.41) is 7.03. The number of hydrogen-bond donors (Lipinski definition) is 3. The average Bonchev–Trinajstić information content (AvgIpc) is 2.19. The summed E-state index contributed by atoms with van der Waals surface area (Å²) in [6, 6.07) is 1.68. The fraction of sp³-hybridized carbons (Fsp3) is 0.300. The van der Waals surface area contributed by atoms with Gasteiger partial charge in [-0.3, -0.25) is 5.41 Å². The highest BCUT2D eigenvalue weighted by molar-refractivity contribution is 7.89. The Balaban J connectivity index is 2.92. The van der Waals surface area contributed by atoms with E-state index < -0.39 is 27.7 Å². The van der Waals surface area contributed by atoms with E-state index in [9.17, 15) is 17.2 Å². The minimum atomic E-state index is -3.95. The molecule has 0 aliphatic rings. The molecule has 1 rings (SSSR count). The molecule has 0 amide bonds. The van der Waals surface area contributed by atoms with Gasteiger partial charge in [-0.15, -0.1) is 0 Å². The van der Waals surface area contributed by atoms with E-state index >= 15 is 0 Å². The van der Waals surface area contributed by atoms with Crippen molar-refractivity contribution in [2.24, 2.45) is 5.73 Å². The van der Waals surface area contributed by atoms with Gasteiger partial charge in [-0.1, -0.05) is 0 Å². The Morgan fingerprint density at radius 3 is 2.56 bits per heavy atom. The molecule has 0 aliphatic heterocycles. The molecule has 0 radical (unpaired) electrons. The first-order valence-electron chi connectivity index (χ1n) is 5.02. The fourth-order valence-corrected chi connectivity index (χ4v) is 2.60. The Hall–Kier alpha value is -1.54. The zero-order valence-corrected chi connectivity index (χ0v) is 10.4. The summed E-state index contributed by atoms with van der Waals surface area (Å²) in [6.07, 6.45) is 0.0307. The molecular weight excluding hydrogens is 264 g/mol. The molecule has 0 fully saturated rings. The summed E-state index contributed by atoms with van der Waals surface area (Å²) in [5.41, 5.74) is 5.13. The number of benzene rings is 1. The number of amidine groups is 1. The summed E-state index contributed by atoms with van der Waals surface area (Å²) in [7, 11) is -3.95. The lowest BCUT2D eigenvalue weighted by atomic mass is 10.2. The molecule has 0 saturated carbocycles. The molecule has 0 spiro atoms. The van der Waals surface area contributed by atoms with Crippen LogP contribution in [0.3, 0.4) is 0 Å². The van der Waals surface area contributed by atoms with Crippen molar-refractivity contribution in [2.45, 2.75) is 24.3 Å². The third-order valence-electron chi connectivity index (χ3n) is 2.08. The Kier molecular flexibility index (Phi) is 4.36. The zero-order valence-electron chi connectivity index (χ0n) is 9.57. The minimum absolute atomic E-state index is 0.0307. The van der Waals surface area contributed by atoms with Crippen molar-refractivity contribution < 1.29 is 17.2 Å². The second-order valence-electron chi connectivity index (χ2n) is 3.83. The van der Waals surface area contributed by atoms with E-state index in [4.69, 9.17) is 11.1 Å². The minimum Gasteiger partial charge on any atom is -0.388 e. The number of nitrogens with one attached hydrogen (secondary N) is 2. The van der Waals surface area contributed by atoms with Gasteiger partial charge in [0.25, 0.3) is 0 Å². The summed E-state index contributed by atoms with van der Waals surface area (Å²) in [6.45, 7) is 1.51. The Morgan fingerprint density at radius 2 is 2.06 bits per heavy atom. The molecule has 0 aliphatic carbocycles. The first-order valence-corrected chi connectivity index (χ1v) is 6.51. The Labute approximate surface area is 104 Å². The van der Waals surface area contributed by atoms with Crippen LogP contribution in [0.1, 0.15) is 13.3 Å². The van der Waals surface area contributed by atoms with Gasteiger partial charge in [0.1, 0.15) is 0 Å². The Bertz CT molecular complexity index is 560. The van der Waals surface area contributed by atoms with Crippen LogP contribution < -0.4 is 10.5 Å². The summed E-state index contributed by atoms with van der Waals surface area (Å²) >= 11 is 0. The van der Waals surface area contributed by atoms with Crippen molar-refractivity contribution in [2.75, 3.05) is 0 Å². The highest BCUT2D eigenvalue weighted by Gasteiger charge is 2.19. The summed E-state index contributed by atoms with van der Waals surface area (Å²) in [5.74, 6) is -2.53. The Morgan fingerprint density at radius 1 is 1.44 bits per heavy atom. The molecule has 1 aromatic rings. The molecule has 18 heavy (non-hydrogen) atoms. The summed E-state index contributed by atoms with van der Waals surface area (Å²) < 4.78 is 51.4. The second-order valence-corrected chi connectivity index (χ2v) is 5.54. The van der Waals surface area contributed by atoms with Gasteiger partial charge >= 0.3 is 0 Å². The smallest absolute Gasteiger partial charge is 0.240 e. The quantitative estimate of drug-likeness (QED) is 0.552. The highest BCUT2D eigenvalue weighted by atomic mass is 32.2. The van der Waals surface area contributed by atoms with Gasteiger partial charge in [-0.25, -0.2) is 21.9 Å². The van der Waals surface area contributed by atoms with Crippen LogP contribution in [0.25, 0.3) is 0 Å². The number of nitrogens with two attached hydrogens (primary N) is 1. The van der Waals surface area contributed by atoms with Crippen LogP contribution in [0.4, 0.5) is 8.78 Å². The molecule has 4 N–H and O–H groups in total.